The van der Waals surface area contributed by atoms with Gasteiger partial charge in [-0.15, -0.1) is 0 Å². The summed E-state index contributed by atoms with van der Waals surface area (Å²) in [4.78, 5) is 5.80. The largest absolute Gasteiger partial charge is 0.391 e. The highest BCUT2D eigenvalue weighted by Crippen LogP contribution is 2.56. The number of rotatable bonds is 4. The molecule has 0 spiro atoms. The minimum Gasteiger partial charge on any atom is -0.391 e. The fourth-order valence-corrected chi connectivity index (χ4v) is 6.03. The molecule has 0 radical (unpaired) electrons. The van der Waals surface area contributed by atoms with Crippen LogP contribution in [0.5, 0.6) is 0 Å². The molecule has 3 nitrogen and oxygen atoms in total. The van der Waals surface area contributed by atoms with E-state index in [9.17, 15) is 0 Å². The number of aryl methyl sites for hydroxylation is 1. The van der Waals surface area contributed by atoms with Crippen molar-refractivity contribution in [3.63, 3.8) is 0 Å². The Labute approximate surface area is 164 Å². The number of hydrogen-bond donors (Lipinski definition) is 1. The van der Waals surface area contributed by atoms with Gasteiger partial charge in [-0.3, -0.25) is 0 Å². The third kappa shape index (κ3) is 3.44. The number of fused-ring (bicyclic) bond motifs is 3. The summed E-state index contributed by atoms with van der Waals surface area (Å²) in [7, 11) is 0. The number of oxime groups is 1. The predicted molar refractivity (Wildman–Crippen MR) is 113 cm³/mol. The van der Waals surface area contributed by atoms with Crippen molar-refractivity contribution in [2.45, 2.75) is 83.7 Å². The Bertz CT molecular complexity index is 706. The molecule has 4 atom stereocenters. The maximum absolute atomic E-state index is 5.80. The quantitative estimate of drug-likeness (QED) is 0.586. The molecule has 0 bridgehead atoms. The van der Waals surface area contributed by atoms with Crippen LogP contribution in [0.2, 0.25) is 0 Å². The maximum Gasteiger partial charge on any atom is 0.141 e. The van der Waals surface area contributed by atoms with Gasteiger partial charge in [-0.2, -0.15) is 0 Å². The van der Waals surface area contributed by atoms with Crippen LogP contribution in [-0.2, 0) is 16.7 Å². The third-order valence-corrected chi connectivity index (χ3v) is 7.66. The summed E-state index contributed by atoms with van der Waals surface area (Å²) in [5.74, 6) is 1.25. The van der Waals surface area contributed by atoms with E-state index in [4.69, 9.17) is 4.84 Å². The lowest BCUT2D eigenvalue weighted by Crippen LogP contribution is -2.49. The molecular formula is C24H36N2O. The lowest BCUT2D eigenvalue weighted by atomic mass is 9.50. The first-order valence-corrected chi connectivity index (χ1v) is 11.0. The fraction of sp³-hybridized carbons (Fsp3) is 0.708. The van der Waals surface area contributed by atoms with Crippen LogP contribution in [0.25, 0.3) is 0 Å². The Morgan fingerprint density at radius 1 is 1.22 bits per heavy atom. The molecule has 2 fully saturated rings. The molecule has 148 valence electrons. The van der Waals surface area contributed by atoms with Crippen molar-refractivity contribution in [1.82, 2.24) is 5.32 Å². The first-order valence-electron chi connectivity index (χ1n) is 11.0. The molecule has 1 saturated heterocycles. The Kier molecular flexibility index (Phi) is 5.09. The lowest BCUT2D eigenvalue weighted by Gasteiger charge is -2.54. The van der Waals surface area contributed by atoms with Gasteiger partial charge in [0.25, 0.3) is 0 Å². The molecule has 0 unspecified atom stereocenters. The molecule has 1 aromatic rings. The van der Waals surface area contributed by atoms with Crippen LogP contribution >= 0.6 is 0 Å². The molecule has 0 aromatic heterocycles. The highest BCUT2D eigenvalue weighted by atomic mass is 16.6. The standard InChI is InChI=1S/C24H36N2O/c1-17(2)18-6-8-21-19(14-18)7-9-22-23(3,11-5-12-24(21,22)4)16-26-27-20-10-13-25-15-20/h6,8,14,16-17,20,22,25H,5,7,9-13,15H2,1-4H3/b26-16-/t20-,22+,23+,24-/m1/s1. The van der Waals surface area contributed by atoms with Gasteiger partial charge in [-0.05, 0) is 66.2 Å². The van der Waals surface area contributed by atoms with Crippen LogP contribution in [0.15, 0.2) is 23.4 Å². The average Bonchev–Trinajstić information content (AvgIpc) is 3.14. The second kappa shape index (κ2) is 7.24. The number of nitrogens with zero attached hydrogens (tertiary/aromatic N) is 1. The van der Waals surface area contributed by atoms with Crippen LogP contribution in [0.1, 0.15) is 82.4 Å². The van der Waals surface area contributed by atoms with E-state index in [0.717, 1.165) is 19.5 Å². The molecule has 4 rings (SSSR count). The Morgan fingerprint density at radius 2 is 2.07 bits per heavy atom. The van der Waals surface area contributed by atoms with Gasteiger partial charge < -0.3 is 10.2 Å². The first kappa shape index (κ1) is 19.0. The zero-order valence-corrected chi connectivity index (χ0v) is 17.6. The molecule has 1 aromatic carbocycles. The monoisotopic (exact) mass is 368 g/mol. The second-order valence-electron chi connectivity index (χ2n) is 9.89. The van der Waals surface area contributed by atoms with Crippen molar-refractivity contribution >= 4 is 6.21 Å². The smallest absolute Gasteiger partial charge is 0.141 e. The normalized spacial score (nSPS) is 36.0. The van der Waals surface area contributed by atoms with Crippen molar-refractivity contribution in [3.8, 4) is 0 Å². The van der Waals surface area contributed by atoms with E-state index in [1.54, 1.807) is 11.1 Å². The maximum atomic E-state index is 5.80. The van der Waals surface area contributed by atoms with Gasteiger partial charge in [0, 0.05) is 24.6 Å². The van der Waals surface area contributed by atoms with Crippen molar-refractivity contribution in [2.75, 3.05) is 13.1 Å². The van der Waals surface area contributed by atoms with Gasteiger partial charge in [0.05, 0.1) is 0 Å². The molecule has 1 heterocycles. The molecule has 27 heavy (non-hydrogen) atoms. The van der Waals surface area contributed by atoms with E-state index in [1.165, 1.54) is 37.7 Å². The van der Waals surface area contributed by atoms with Gasteiger partial charge in [0.2, 0.25) is 0 Å². The van der Waals surface area contributed by atoms with E-state index < -0.39 is 0 Å². The number of benzene rings is 1. The van der Waals surface area contributed by atoms with Crippen molar-refractivity contribution < 1.29 is 4.84 Å². The van der Waals surface area contributed by atoms with Gasteiger partial charge in [-0.1, -0.05) is 57.5 Å². The lowest BCUT2D eigenvalue weighted by molar-refractivity contribution is 0.0566. The first-order chi connectivity index (χ1) is 12.9. The minimum absolute atomic E-state index is 0.132. The molecule has 1 aliphatic heterocycles. The number of hydrogen-bond acceptors (Lipinski definition) is 3. The molecule has 3 aliphatic rings. The topological polar surface area (TPSA) is 33.6 Å². The Hall–Kier alpha value is -1.35. The number of nitrogens with one attached hydrogen (secondary N) is 1. The van der Waals surface area contributed by atoms with Crippen molar-refractivity contribution in [2.24, 2.45) is 16.5 Å². The summed E-state index contributed by atoms with van der Waals surface area (Å²) in [5, 5.41) is 7.85. The van der Waals surface area contributed by atoms with E-state index in [0.29, 0.717) is 11.8 Å². The van der Waals surface area contributed by atoms with Crippen LogP contribution in [-0.4, -0.2) is 25.4 Å². The zero-order valence-electron chi connectivity index (χ0n) is 17.6. The summed E-state index contributed by atoms with van der Waals surface area (Å²) in [6, 6.07) is 7.30. The predicted octanol–water partition coefficient (Wildman–Crippen LogP) is 5.18. The summed E-state index contributed by atoms with van der Waals surface area (Å²) >= 11 is 0. The van der Waals surface area contributed by atoms with Gasteiger partial charge in [-0.25, -0.2) is 0 Å². The van der Waals surface area contributed by atoms with E-state index in [1.807, 2.05) is 0 Å². The van der Waals surface area contributed by atoms with Crippen LogP contribution in [0, 0.1) is 11.3 Å². The second-order valence-corrected chi connectivity index (χ2v) is 9.89. The van der Waals surface area contributed by atoms with E-state index >= 15 is 0 Å². The van der Waals surface area contributed by atoms with Gasteiger partial charge >= 0.3 is 0 Å². The molecule has 0 amide bonds. The van der Waals surface area contributed by atoms with Gasteiger partial charge in [0.15, 0.2) is 0 Å². The Balaban J connectivity index is 1.59. The van der Waals surface area contributed by atoms with Crippen molar-refractivity contribution in [1.29, 1.82) is 0 Å². The molecule has 3 heteroatoms. The van der Waals surface area contributed by atoms with E-state index in [2.05, 4.69) is 62.6 Å². The fourth-order valence-electron chi connectivity index (χ4n) is 6.03. The highest BCUT2D eigenvalue weighted by Gasteiger charge is 2.51. The summed E-state index contributed by atoms with van der Waals surface area (Å²) < 4.78 is 0. The molecule has 1 N–H and O–H groups in total. The van der Waals surface area contributed by atoms with Gasteiger partial charge in [0.1, 0.15) is 6.10 Å². The summed E-state index contributed by atoms with van der Waals surface area (Å²) in [6.07, 6.45) is 9.74. The summed E-state index contributed by atoms with van der Waals surface area (Å²) in [5.41, 5.74) is 5.07. The SMILES string of the molecule is CC(C)c1ccc2c(c1)CC[C@H]1[C@](C)(/C=N\O[C@@H]3CCNC3)CCC[C@]21C. The minimum atomic E-state index is 0.132. The van der Waals surface area contributed by atoms with Crippen LogP contribution in [0.4, 0.5) is 0 Å². The molecular weight excluding hydrogens is 332 g/mol. The van der Waals surface area contributed by atoms with E-state index in [-0.39, 0.29) is 16.9 Å². The summed E-state index contributed by atoms with van der Waals surface area (Å²) in [6.45, 7) is 11.5. The van der Waals surface area contributed by atoms with Crippen LogP contribution < -0.4 is 5.32 Å². The molecule has 2 aliphatic carbocycles. The molecule has 1 saturated carbocycles. The van der Waals surface area contributed by atoms with Crippen LogP contribution in [0.3, 0.4) is 0 Å². The Morgan fingerprint density at radius 3 is 2.81 bits per heavy atom. The third-order valence-electron chi connectivity index (χ3n) is 7.66. The van der Waals surface area contributed by atoms with Crippen molar-refractivity contribution in [3.05, 3.63) is 34.9 Å². The highest BCUT2D eigenvalue weighted by molar-refractivity contribution is 5.66. The average molecular weight is 369 g/mol. The zero-order chi connectivity index (χ0) is 19.1.